The molecule has 0 aromatic carbocycles. The van der Waals surface area contributed by atoms with Gasteiger partial charge in [0.1, 0.15) is 5.72 Å². The molecule has 1 heterocycles. The zero-order chi connectivity index (χ0) is 8.91. The highest BCUT2D eigenvalue weighted by Crippen LogP contribution is 2.34. The molecule has 0 aromatic rings. The minimum absolute atomic E-state index is 0.134. The van der Waals surface area contributed by atoms with Crippen molar-refractivity contribution in [2.75, 3.05) is 20.2 Å². The first kappa shape index (κ1) is 10.9. The maximum Gasteiger partial charge on any atom is 0.134 e. The van der Waals surface area contributed by atoms with Gasteiger partial charge >= 0.3 is 0 Å². The Morgan fingerprint density at radius 3 is 1.91 bits per heavy atom. The van der Waals surface area contributed by atoms with Crippen molar-refractivity contribution in [1.82, 2.24) is 4.90 Å². The third-order valence-electron chi connectivity index (χ3n) is 2.04. The summed E-state index contributed by atoms with van der Waals surface area (Å²) in [5.41, 5.74) is 0.134. The molecule has 11 heavy (non-hydrogen) atoms. The van der Waals surface area contributed by atoms with Gasteiger partial charge in [-0.2, -0.15) is 0 Å². The number of rotatable bonds is 3. The van der Waals surface area contributed by atoms with E-state index in [4.69, 9.17) is 4.74 Å². The molecule has 0 aromatic heterocycles. The van der Waals surface area contributed by atoms with Crippen LogP contribution in [0.5, 0.6) is 0 Å². The van der Waals surface area contributed by atoms with Gasteiger partial charge in [-0.15, -0.1) is 0 Å². The van der Waals surface area contributed by atoms with Crippen molar-refractivity contribution >= 4 is 0 Å². The minimum Gasteiger partial charge on any atom is -0.359 e. The molecule has 1 aliphatic heterocycles. The largest absolute Gasteiger partial charge is 0.359 e. The highest BCUT2D eigenvalue weighted by Gasteiger charge is 2.48. The van der Waals surface area contributed by atoms with Gasteiger partial charge in [0.15, 0.2) is 0 Å². The molecule has 0 N–H and O–H groups in total. The molecule has 0 amide bonds. The lowest BCUT2D eigenvalue weighted by Gasteiger charge is -2.12. The maximum atomic E-state index is 5.53. The Hall–Kier alpha value is -0.0800. The molecule has 1 aliphatic rings. The average molecular weight is 159 g/mol. The SMILES string of the molecule is CC.CCOC1(CC)CN1C. The van der Waals surface area contributed by atoms with Crippen molar-refractivity contribution in [3.63, 3.8) is 0 Å². The Kier molecular flexibility index (Phi) is 4.69. The fraction of sp³-hybridized carbons (Fsp3) is 1.00. The molecule has 1 fully saturated rings. The molecule has 1 saturated heterocycles. The minimum atomic E-state index is 0.134. The predicted molar refractivity (Wildman–Crippen MR) is 48.6 cm³/mol. The summed E-state index contributed by atoms with van der Waals surface area (Å²) in [6.45, 7) is 10.2. The zero-order valence-corrected chi connectivity index (χ0v) is 8.48. The predicted octanol–water partition coefficient (Wildman–Crippen LogP) is 2.10. The van der Waals surface area contributed by atoms with Crippen molar-refractivity contribution in [2.45, 2.75) is 39.8 Å². The topological polar surface area (TPSA) is 12.2 Å². The van der Waals surface area contributed by atoms with Gasteiger partial charge in [0, 0.05) is 13.2 Å². The second-order valence-electron chi connectivity index (χ2n) is 2.59. The van der Waals surface area contributed by atoms with Crippen LogP contribution in [0.3, 0.4) is 0 Å². The van der Waals surface area contributed by atoms with Gasteiger partial charge < -0.3 is 4.74 Å². The van der Waals surface area contributed by atoms with Crippen LogP contribution in [0.2, 0.25) is 0 Å². The summed E-state index contributed by atoms with van der Waals surface area (Å²) >= 11 is 0. The van der Waals surface area contributed by atoms with Crippen LogP contribution >= 0.6 is 0 Å². The van der Waals surface area contributed by atoms with E-state index >= 15 is 0 Å². The van der Waals surface area contributed by atoms with Gasteiger partial charge in [-0.1, -0.05) is 20.8 Å². The molecule has 0 radical (unpaired) electrons. The van der Waals surface area contributed by atoms with Crippen molar-refractivity contribution in [1.29, 1.82) is 0 Å². The summed E-state index contributed by atoms with van der Waals surface area (Å²) in [6.07, 6.45) is 1.11. The Labute approximate surface area is 70.5 Å². The van der Waals surface area contributed by atoms with E-state index in [2.05, 4.69) is 18.9 Å². The molecule has 2 nitrogen and oxygen atoms in total. The van der Waals surface area contributed by atoms with E-state index in [9.17, 15) is 0 Å². The van der Waals surface area contributed by atoms with Gasteiger partial charge in [0.2, 0.25) is 0 Å². The first-order valence-corrected chi connectivity index (χ1v) is 4.60. The van der Waals surface area contributed by atoms with Gasteiger partial charge in [0.25, 0.3) is 0 Å². The number of ether oxygens (including phenoxy) is 1. The van der Waals surface area contributed by atoms with Crippen LogP contribution in [-0.4, -0.2) is 30.8 Å². The number of likely N-dealkylation sites (N-methyl/N-ethyl adjacent to an activating group) is 1. The van der Waals surface area contributed by atoms with Gasteiger partial charge in [-0.05, 0) is 20.4 Å². The lowest BCUT2D eigenvalue weighted by molar-refractivity contribution is 0.00391. The number of hydrogen-bond donors (Lipinski definition) is 0. The molecular weight excluding hydrogens is 138 g/mol. The smallest absolute Gasteiger partial charge is 0.134 e. The summed E-state index contributed by atoms with van der Waals surface area (Å²) in [7, 11) is 2.10. The number of nitrogens with zero attached hydrogens (tertiary/aromatic N) is 1. The lowest BCUT2D eigenvalue weighted by Crippen LogP contribution is -2.19. The van der Waals surface area contributed by atoms with E-state index in [-0.39, 0.29) is 5.72 Å². The summed E-state index contributed by atoms with van der Waals surface area (Å²) in [6, 6.07) is 0. The summed E-state index contributed by atoms with van der Waals surface area (Å²) in [5.74, 6) is 0. The van der Waals surface area contributed by atoms with Crippen molar-refractivity contribution in [3.8, 4) is 0 Å². The van der Waals surface area contributed by atoms with Gasteiger partial charge in [-0.25, -0.2) is 0 Å². The highest BCUT2D eigenvalue weighted by molar-refractivity contribution is 4.95. The summed E-state index contributed by atoms with van der Waals surface area (Å²) in [4.78, 5) is 2.23. The first-order chi connectivity index (χ1) is 5.25. The van der Waals surface area contributed by atoms with Crippen LogP contribution in [0.15, 0.2) is 0 Å². The Bertz CT molecular complexity index is 102. The first-order valence-electron chi connectivity index (χ1n) is 4.60. The Morgan fingerprint density at radius 1 is 1.36 bits per heavy atom. The van der Waals surface area contributed by atoms with E-state index in [1.165, 1.54) is 0 Å². The van der Waals surface area contributed by atoms with Crippen molar-refractivity contribution in [2.24, 2.45) is 0 Å². The third-order valence-corrected chi connectivity index (χ3v) is 2.04. The van der Waals surface area contributed by atoms with E-state index in [0.29, 0.717) is 0 Å². The molecule has 2 heteroatoms. The quantitative estimate of drug-likeness (QED) is 0.585. The molecule has 0 spiro atoms. The summed E-state index contributed by atoms with van der Waals surface area (Å²) < 4.78 is 5.53. The lowest BCUT2D eigenvalue weighted by atomic mass is 10.3. The maximum absolute atomic E-state index is 5.53. The molecule has 0 saturated carbocycles. The van der Waals surface area contributed by atoms with Gasteiger partial charge in [-0.3, -0.25) is 4.90 Å². The van der Waals surface area contributed by atoms with E-state index in [0.717, 1.165) is 19.6 Å². The van der Waals surface area contributed by atoms with Crippen LogP contribution in [-0.2, 0) is 4.74 Å². The van der Waals surface area contributed by atoms with Crippen LogP contribution in [0.4, 0.5) is 0 Å². The fourth-order valence-electron chi connectivity index (χ4n) is 1.24. The highest BCUT2D eigenvalue weighted by atomic mass is 16.5. The molecule has 68 valence electrons. The fourth-order valence-corrected chi connectivity index (χ4v) is 1.24. The summed E-state index contributed by atoms with van der Waals surface area (Å²) in [5, 5.41) is 0. The van der Waals surface area contributed by atoms with E-state index in [1.54, 1.807) is 0 Å². The molecule has 0 bridgehead atoms. The van der Waals surface area contributed by atoms with Crippen molar-refractivity contribution in [3.05, 3.63) is 0 Å². The molecule has 2 unspecified atom stereocenters. The Balaban J connectivity index is 0.000000461. The normalized spacial score (nSPS) is 34.1. The Morgan fingerprint density at radius 2 is 1.82 bits per heavy atom. The van der Waals surface area contributed by atoms with Crippen LogP contribution in [0.25, 0.3) is 0 Å². The van der Waals surface area contributed by atoms with Crippen molar-refractivity contribution < 1.29 is 4.74 Å². The van der Waals surface area contributed by atoms with Crippen LogP contribution in [0.1, 0.15) is 34.1 Å². The zero-order valence-electron chi connectivity index (χ0n) is 8.48. The van der Waals surface area contributed by atoms with E-state index < -0.39 is 0 Å². The molecule has 0 aliphatic carbocycles. The molecular formula is C9H21NO. The average Bonchev–Trinajstić information content (AvgIpc) is 2.68. The van der Waals surface area contributed by atoms with Crippen LogP contribution in [0, 0.1) is 0 Å². The standard InChI is InChI=1S/C7H15NO.C2H6/c1-4-7(9-5-2)6-8(7)3;1-2/h4-6H2,1-3H3;1-2H3. The monoisotopic (exact) mass is 159 g/mol. The second kappa shape index (κ2) is 4.73. The third kappa shape index (κ3) is 2.46. The van der Waals surface area contributed by atoms with E-state index in [1.807, 2.05) is 20.8 Å². The van der Waals surface area contributed by atoms with Gasteiger partial charge in [0.05, 0.1) is 0 Å². The second-order valence-corrected chi connectivity index (χ2v) is 2.59. The van der Waals surface area contributed by atoms with Crippen LogP contribution < -0.4 is 0 Å². The number of hydrogen-bond acceptors (Lipinski definition) is 2. The molecule has 1 rings (SSSR count). The molecule has 2 atom stereocenters.